The fourth-order valence-electron chi connectivity index (χ4n) is 3.59. The number of rotatable bonds is 3. The molecule has 20 heavy (non-hydrogen) atoms. The number of nitrogens with zero attached hydrogens (tertiary/aromatic N) is 1. The number of hydrogen-bond donors (Lipinski definition) is 2. The van der Waals surface area contributed by atoms with Gasteiger partial charge in [-0.1, -0.05) is 25.7 Å². The molecule has 1 unspecified atom stereocenters. The van der Waals surface area contributed by atoms with E-state index >= 15 is 0 Å². The number of hydrogen-bond acceptors (Lipinski definition) is 3. The van der Waals surface area contributed by atoms with Crippen molar-refractivity contribution < 1.29 is 19.8 Å². The lowest BCUT2D eigenvalue weighted by Crippen LogP contribution is -2.48. The molecular formula is C15H25NO4. The lowest BCUT2D eigenvalue weighted by molar-refractivity contribution is -0.153. The monoisotopic (exact) mass is 283 g/mol. The van der Waals surface area contributed by atoms with Crippen molar-refractivity contribution in [2.45, 2.75) is 57.4 Å². The van der Waals surface area contributed by atoms with Gasteiger partial charge in [0.1, 0.15) is 0 Å². The van der Waals surface area contributed by atoms with E-state index in [0.717, 1.165) is 38.5 Å². The van der Waals surface area contributed by atoms with Crippen LogP contribution in [0.5, 0.6) is 0 Å². The Morgan fingerprint density at radius 2 is 1.60 bits per heavy atom. The van der Waals surface area contributed by atoms with Gasteiger partial charge in [0.25, 0.3) is 0 Å². The van der Waals surface area contributed by atoms with Gasteiger partial charge >= 0.3 is 5.97 Å². The minimum atomic E-state index is -0.849. The number of amides is 1. The van der Waals surface area contributed by atoms with E-state index in [1.807, 2.05) is 0 Å². The normalized spacial score (nSPS) is 31.6. The maximum Gasteiger partial charge on any atom is 0.307 e. The van der Waals surface area contributed by atoms with Crippen LogP contribution >= 0.6 is 0 Å². The summed E-state index contributed by atoms with van der Waals surface area (Å²) in [5, 5.41) is 18.8. The highest BCUT2D eigenvalue weighted by Crippen LogP contribution is 2.33. The van der Waals surface area contributed by atoms with Crippen LogP contribution in [0.1, 0.15) is 51.4 Å². The Hall–Kier alpha value is -1.10. The number of carbonyl (C=O) groups excluding carboxylic acids is 1. The van der Waals surface area contributed by atoms with Gasteiger partial charge < -0.3 is 15.1 Å². The molecule has 0 aromatic heterocycles. The number of aliphatic hydroxyl groups excluding tert-OH is 1. The van der Waals surface area contributed by atoms with Crippen molar-refractivity contribution >= 4 is 11.9 Å². The lowest BCUT2D eigenvalue weighted by atomic mass is 9.78. The van der Waals surface area contributed by atoms with E-state index in [-0.39, 0.29) is 18.6 Å². The number of carboxylic acids is 1. The Balaban J connectivity index is 2.12. The fourth-order valence-corrected chi connectivity index (χ4v) is 3.59. The Kier molecular flexibility index (Phi) is 5.40. The number of aliphatic hydroxyl groups is 1. The van der Waals surface area contributed by atoms with Crippen molar-refractivity contribution in [2.75, 3.05) is 13.2 Å². The molecule has 2 aliphatic rings. The second kappa shape index (κ2) is 7.07. The van der Waals surface area contributed by atoms with Crippen LogP contribution in [0.3, 0.4) is 0 Å². The zero-order chi connectivity index (χ0) is 14.5. The highest BCUT2D eigenvalue weighted by molar-refractivity contribution is 5.85. The molecule has 1 aliphatic carbocycles. The first-order chi connectivity index (χ1) is 9.65. The number of carboxylic acid groups (broad SMARTS) is 1. The maximum absolute atomic E-state index is 12.7. The van der Waals surface area contributed by atoms with Crippen LogP contribution in [-0.4, -0.2) is 46.2 Å². The zero-order valence-electron chi connectivity index (χ0n) is 12.0. The van der Waals surface area contributed by atoms with Gasteiger partial charge in [0, 0.05) is 6.54 Å². The first-order valence-corrected chi connectivity index (χ1v) is 7.79. The molecule has 114 valence electrons. The van der Waals surface area contributed by atoms with E-state index in [2.05, 4.69) is 0 Å². The Morgan fingerprint density at radius 1 is 0.950 bits per heavy atom. The van der Waals surface area contributed by atoms with Gasteiger partial charge in [-0.2, -0.15) is 0 Å². The predicted molar refractivity (Wildman–Crippen MR) is 74.1 cm³/mol. The number of carbonyl (C=O) groups is 2. The molecule has 2 N–H and O–H groups in total. The SMILES string of the molecule is O=C(O)[C@H]1CCCC[C@H]1C(=O)N1CCCCCC1CO. The Bertz CT molecular complexity index is 358. The summed E-state index contributed by atoms with van der Waals surface area (Å²) in [4.78, 5) is 25.9. The zero-order valence-corrected chi connectivity index (χ0v) is 12.0. The topological polar surface area (TPSA) is 77.8 Å². The minimum absolute atomic E-state index is 0.0177. The van der Waals surface area contributed by atoms with Crippen LogP contribution in [0.15, 0.2) is 0 Å². The molecule has 3 atom stereocenters. The lowest BCUT2D eigenvalue weighted by Gasteiger charge is -2.35. The molecule has 1 heterocycles. The molecule has 0 aromatic carbocycles. The molecule has 1 saturated carbocycles. The molecule has 5 heteroatoms. The standard InChI is InChI=1S/C15H25NO4/c17-10-11-6-2-1-5-9-16(11)14(18)12-7-3-4-8-13(12)15(19)20/h11-13,17H,1-10H2,(H,19,20)/t11?,12-,13+/m1/s1. The molecule has 2 rings (SSSR count). The third-order valence-corrected chi connectivity index (χ3v) is 4.77. The Labute approximate surface area is 120 Å². The number of aliphatic carboxylic acids is 1. The van der Waals surface area contributed by atoms with Gasteiger partial charge in [-0.05, 0) is 25.7 Å². The molecule has 0 radical (unpaired) electrons. The quantitative estimate of drug-likeness (QED) is 0.825. The molecular weight excluding hydrogens is 258 g/mol. The third-order valence-electron chi connectivity index (χ3n) is 4.77. The smallest absolute Gasteiger partial charge is 0.307 e. The summed E-state index contributed by atoms with van der Waals surface area (Å²) in [6.07, 6.45) is 6.98. The van der Waals surface area contributed by atoms with Gasteiger partial charge in [-0.15, -0.1) is 0 Å². The second-order valence-electron chi connectivity index (χ2n) is 6.05. The van der Waals surface area contributed by atoms with Crippen molar-refractivity contribution in [3.05, 3.63) is 0 Å². The van der Waals surface area contributed by atoms with Crippen LogP contribution in [0.25, 0.3) is 0 Å². The number of likely N-dealkylation sites (tertiary alicyclic amines) is 1. The van der Waals surface area contributed by atoms with Crippen LogP contribution < -0.4 is 0 Å². The van der Waals surface area contributed by atoms with Gasteiger partial charge in [0.05, 0.1) is 24.5 Å². The summed E-state index contributed by atoms with van der Waals surface area (Å²) in [7, 11) is 0. The predicted octanol–water partition coefficient (Wildman–Crippen LogP) is 1.64. The largest absolute Gasteiger partial charge is 0.481 e. The fraction of sp³-hybridized carbons (Fsp3) is 0.867. The van der Waals surface area contributed by atoms with E-state index < -0.39 is 17.8 Å². The summed E-state index contributed by atoms with van der Waals surface area (Å²) >= 11 is 0. The average molecular weight is 283 g/mol. The van der Waals surface area contributed by atoms with Crippen molar-refractivity contribution in [1.29, 1.82) is 0 Å². The van der Waals surface area contributed by atoms with Gasteiger partial charge in [0.15, 0.2) is 0 Å². The van der Waals surface area contributed by atoms with E-state index in [4.69, 9.17) is 0 Å². The van der Waals surface area contributed by atoms with Crippen molar-refractivity contribution in [2.24, 2.45) is 11.8 Å². The summed E-state index contributed by atoms with van der Waals surface area (Å²) in [5.74, 6) is -1.83. The van der Waals surface area contributed by atoms with Crippen molar-refractivity contribution in [3.8, 4) is 0 Å². The van der Waals surface area contributed by atoms with E-state index in [1.165, 1.54) is 0 Å². The van der Waals surface area contributed by atoms with Crippen LogP contribution in [0.2, 0.25) is 0 Å². The van der Waals surface area contributed by atoms with E-state index in [0.29, 0.717) is 19.4 Å². The molecule has 0 bridgehead atoms. The first-order valence-electron chi connectivity index (χ1n) is 7.79. The maximum atomic E-state index is 12.7. The minimum Gasteiger partial charge on any atom is -0.481 e. The summed E-state index contributed by atoms with van der Waals surface area (Å²) < 4.78 is 0. The van der Waals surface area contributed by atoms with Crippen LogP contribution in [0, 0.1) is 11.8 Å². The highest BCUT2D eigenvalue weighted by atomic mass is 16.4. The molecule has 5 nitrogen and oxygen atoms in total. The molecule has 1 aliphatic heterocycles. The van der Waals surface area contributed by atoms with Crippen LogP contribution in [0.4, 0.5) is 0 Å². The first kappa shape index (κ1) is 15.3. The van der Waals surface area contributed by atoms with Crippen molar-refractivity contribution in [3.63, 3.8) is 0 Å². The Morgan fingerprint density at radius 3 is 2.25 bits per heavy atom. The molecule has 1 amide bonds. The molecule has 0 aromatic rings. The highest BCUT2D eigenvalue weighted by Gasteiger charge is 2.39. The summed E-state index contributed by atoms with van der Waals surface area (Å²) in [6.45, 7) is 0.642. The average Bonchev–Trinajstić information content (AvgIpc) is 2.71. The summed E-state index contributed by atoms with van der Waals surface area (Å²) in [5.41, 5.74) is 0. The van der Waals surface area contributed by atoms with Gasteiger partial charge in [-0.3, -0.25) is 9.59 Å². The van der Waals surface area contributed by atoms with Crippen LogP contribution in [-0.2, 0) is 9.59 Å². The molecule has 1 saturated heterocycles. The van der Waals surface area contributed by atoms with E-state index in [1.54, 1.807) is 4.90 Å². The van der Waals surface area contributed by atoms with Gasteiger partial charge in [-0.25, -0.2) is 0 Å². The van der Waals surface area contributed by atoms with Gasteiger partial charge in [0.2, 0.25) is 5.91 Å². The van der Waals surface area contributed by atoms with E-state index in [9.17, 15) is 19.8 Å². The summed E-state index contributed by atoms with van der Waals surface area (Å²) in [6, 6.07) is -0.124. The second-order valence-corrected chi connectivity index (χ2v) is 6.05. The third kappa shape index (κ3) is 3.32. The van der Waals surface area contributed by atoms with Crippen molar-refractivity contribution in [1.82, 2.24) is 4.90 Å². The molecule has 2 fully saturated rings. The molecule has 0 spiro atoms.